The predicted molar refractivity (Wildman–Crippen MR) is 111 cm³/mol. The van der Waals surface area contributed by atoms with Crippen LogP contribution in [0.2, 0.25) is 0 Å². The number of rotatable bonds is 5. The number of nitrogens with two attached hydrogens (primary N) is 1. The molecule has 1 atom stereocenters. The van der Waals surface area contributed by atoms with Gasteiger partial charge in [0, 0.05) is 0 Å². The van der Waals surface area contributed by atoms with Crippen molar-refractivity contribution >= 4 is 63.6 Å². The van der Waals surface area contributed by atoms with E-state index in [1.165, 1.54) is 7.11 Å². The van der Waals surface area contributed by atoms with Crippen LogP contribution in [0.25, 0.3) is 0 Å². The summed E-state index contributed by atoms with van der Waals surface area (Å²) in [6.45, 7) is 0. The topological polar surface area (TPSA) is 81.8 Å². The molecule has 0 amide bonds. The second kappa shape index (κ2) is 9.64. The lowest BCUT2D eigenvalue weighted by Crippen LogP contribution is -2.33. The van der Waals surface area contributed by atoms with Crippen molar-refractivity contribution in [1.82, 2.24) is 0 Å². The SMILES string of the molecule is COC(=O)[C@@H](N)Cc1cc(I)c(Oc2ccc(O)cc2)c(I)c1.Cl. The van der Waals surface area contributed by atoms with Gasteiger partial charge in [-0.1, -0.05) is 0 Å². The van der Waals surface area contributed by atoms with Crippen molar-refractivity contribution in [3.63, 3.8) is 0 Å². The maximum absolute atomic E-state index is 11.4. The molecule has 0 heterocycles. The van der Waals surface area contributed by atoms with Gasteiger partial charge in [0.05, 0.1) is 14.3 Å². The summed E-state index contributed by atoms with van der Waals surface area (Å²) in [5, 5.41) is 9.31. The summed E-state index contributed by atoms with van der Waals surface area (Å²) in [6.07, 6.45) is 0.401. The molecule has 2 aromatic carbocycles. The Kier molecular flexibility index (Phi) is 8.54. The van der Waals surface area contributed by atoms with Gasteiger partial charge < -0.3 is 20.3 Å². The number of carbonyl (C=O) groups is 1. The van der Waals surface area contributed by atoms with Crippen LogP contribution in [-0.2, 0) is 16.0 Å². The molecule has 0 aliphatic rings. The Bertz CT molecular complexity index is 687. The molecule has 5 nitrogen and oxygen atoms in total. The third-order valence-electron chi connectivity index (χ3n) is 3.07. The van der Waals surface area contributed by atoms with Gasteiger partial charge in [0.25, 0.3) is 0 Å². The van der Waals surface area contributed by atoms with Gasteiger partial charge >= 0.3 is 5.97 Å². The molecule has 3 N–H and O–H groups in total. The van der Waals surface area contributed by atoms with Crippen LogP contribution in [0.15, 0.2) is 36.4 Å². The molecule has 0 bridgehead atoms. The average Bonchev–Trinajstić information content (AvgIpc) is 2.51. The van der Waals surface area contributed by atoms with E-state index in [0.29, 0.717) is 12.2 Å². The summed E-state index contributed by atoms with van der Waals surface area (Å²) < 4.78 is 12.3. The first-order valence-electron chi connectivity index (χ1n) is 6.69. The Hall–Kier alpha value is -0.780. The van der Waals surface area contributed by atoms with Crippen molar-refractivity contribution in [2.75, 3.05) is 7.11 Å². The van der Waals surface area contributed by atoms with E-state index >= 15 is 0 Å². The first-order valence-corrected chi connectivity index (χ1v) is 8.84. The fourth-order valence-electron chi connectivity index (χ4n) is 1.95. The number of halogens is 3. The second-order valence-corrected chi connectivity index (χ2v) is 7.14. The van der Waals surface area contributed by atoms with Gasteiger partial charge in [0.15, 0.2) is 5.75 Å². The lowest BCUT2D eigenvalue weighted by atomic mass is 10.1. The Morgan fingerprint density at radius 2 is 1.75 bits per heavy atom. The third kappa shape index (κ3) is 5.64. The van der Waals surface area contributed by atoms with Gasteiger partial charge in [-0.3, -0.25) is 4.79 Å². The van der Waals surface area contributed by atoms with E-state index in [9.17, 15) is 9.90 Å². The molecule has 130 valence electrons. The monoisotopic (exact) mass is 575 g/mol. The van der Waals surface area contributed by atoms with Crippen molar-refractivity contribution in [3.8, 4) is 17.2 Å². The third-order valence-corrected chi connectivity index (χ3v) is 4.68. The standard InChI is InChI=1S/C16H15I2NO4.ClH/c1-22-16(21)14(19)8-9-6-12(17)15(13(18)7-9)23-11-4-2-10(20)3-5-11;/h2-7,14,20H,8,19H2,1H3;1H/t14-;/m0./s1. The van der Waals surface area contributed by atoms with E-state index in [1.807, 2.05) is 12.1 Å². The molecule has 2 rings (SSSR count). The minimum atomic E-state index is -0.685. The fourth-order valence-corrected chi connectivity index (χ4v) is 4.07. The summed E-state index contributed by atoms with van der Waals surface area (Å²) in [7, 11) is 1.32. The van der Waals surface area contributed by atoms with Crippen LogP contribution >= 0.6 is 57.6 Å². The highest BCUT2D eigenvalue weighted by Crippen LogP contribution is 2.33. The van der Waals surface area contributed by atoms with Crippen LogP contribution in [-0.4, -0.2) is 24.2 Å². The van der Waals surface area contributed by atoms with Gasteiger partial charge in [-0.15, -0.1) is 12.4 Å². The van der Waals surface area contributed by atoms with E-state index in [2.05, 4.69) is 49.9 Å². The Morgan fingerprint density at radius 3 is 2.25 bits per heavy atom. The number of esters is 1. The molecular weight excluding hydrogens is 559 g/mol. The number of hydrogen-bond donors (Lipinski definition) is 2. The average molecular weight is 576 g/mol. The highest BCUT2D eigenvalue weighted by atomic mass is 127. The zero-order chi connectivity index (χ0) is 17.0. The molecule has 0 aliphatic carbocycles. The van der Waals surface area contributed by atoms with E-state index in [1.54, 1.807) is 24.3 Å². The second-order valence-electron chi connectivity index (χ2n) is 4.82. The number of ether oxygens (including phenoxy) is 2. The lowest BCUT2D eigenvalue weighted by Gasteiger charge is -2.14. The molecule has 0 spiro atoms. The van der Waals surface area contributed by atoms with E-state index in [0.717, 1.165) is 18.5 Å². The molecule has 0 saturated heterocycles. The van der Waals surface area contributed by atoms with Crippen LogP contribution < -0.4 is 10.5 Å². The Labute approximate surface area is 173 Å². The van der Waals surface area contributed by atoms with Crippen molar-refractivity contribution in [2.45, 2.75) is 12.5 Å². The van der Waals surface area contributed by atoms with E-state index < -0.39 is 12.0 Å². The van der Waals surface area contributed by atoms with Gasteiger partial charge in [-0.25, -0.2) is 0 Å². The molecule has 0 radical (unpaired) electrons. The van der Waals surface area contributed by atoms with Crippen LogP contribution in [0.5, 0.6) is 17.2 Å². The molecule has 24 heavy (non-hydrogen) atoms. The molecule has 8 heteroatoms. The maximum atomic E-state index is 11.4. The smallest absolute Gasteiger partial charge is 0.322 e. The lowest BCUT2D eigenvalue weighted by molar-refractivity contribution is -0.142. The summed E-state index contributed by atoms with van der Waals surface area (Å²) >= 11 is 4.36. The van der Waals surface area contributed by atoms with Crippen LogP contribution in [0.4, 0.5) is 0 Å². The maximum Gasteiger partial charge on any atom is 0.322 e. The molecule has 2 aromatic rings. The normalized spacial score (nSPS) is 11.3. The molecule has 0 fully saturated rings. The van der Waals surface area contributed by atoms with Crippen LogP contribution in [0, 0.1) is 7.14 Å². The van der Waals surface area contributed by atoms with Crippen LogP contribution in [0.1, 0.15) is 5.56 Å². The highest BCUT2D eigenvalue weighted by molar-refractivity contribution is 14.1. The van der Waals surface area contributed by atoms with Crippen molar-refractivity contribution in [1.29, 1.82) is 0 Å². The van der Waals surface area contributed by atoms with Gasteiger partial charge in [0.1, 0.15) is 17.5 Å². The molecule has 0 aromatic heterocycles. The zero-order valence-electron chi connectivity index (χ0n) is 12.7. The Balaban J connectivity index is 0.00000288. The number of carbonyl (C=O) groups excluding carboxylic acids is 1. The number of benzene rings is 2. The van der Waals surface area contributed by atoms with Crippen molar-refractivity contribution in [3.05, 3.63) is 49.1 Å². The fraction of sp³-hybridized carbons (Fsp3) is 0.188. The Morgan fingerprint density at radius 1 is 1.21 bits per heavy atom. The zero-order valence-corrected chi connectivity index (χ0v) is 17.8. The van der Waals surface area contributed by atoms with Gasteiger partial charge in [-0.2, -0.15) is 0 Å². The van der Waals surface area contributed by atoms with E-state index in [-0.39, 0.29) is 18.2 Å². The minimum Gasteiger partial charge on any atom is -0.508 e. The number of methoxy groups -OCH3 is 1. The largest absolute Gasteiger partial charge is 0.508 e. The molecule has 0 aliphatic heterocycles. The van der Waals surface area contributed by atoms with Gasteiger partial charge in [0.2, 0.25) is 0 Å². The molecule has 0 unspecified atom stereocenters. The molecular formula is C16H16ClI2NO4. The first-order chi connectivity index (χ1) is 10.9. The minimum absolute atomic E-state index is 0. The summed E-state index contributed by atoms with van der Waals surface area (Å²) in [5.41, 5.74) is 6.74. The highest BCUT2D eigenvalue weighted by Gasteiger charge is 2.17. The quantitative estimate of drug-likeness (QED) is 0.418. The summed E-state index contributed by atoms with van der Waals surface area (Å²) in [6, 6.07) is 9.71. The van der Waals surface area contributed by atoms with Crippen LogP contribution in [0.3, 0.4) is 0 Å². The van der Waals surface area contributed by atoms with Crippen molar-refractivity contribution in [2.24, 2.45) is 5.73 Å². The number of hydrogen-bond acceptors (Lipinski definition) is 5. The number of phenolic OH excluding ortho intramolecular Hbond substituents is 1. The van der Waals surface area contributed by atoms with Crippen molar-refractivity contribution < 1.29 is 19.4 Å². The van der Waals surface area contributed by atoms with E-state index in [4.69, 9.17) is 10.5 Å². The summed E-state index contributed by atoms with van der Waals surface area (Å²) in [4.78, 5) is 11.4. The summed E-state index contributed by atoms with van der Waals surface area (Å²) in [5.74, 6) is 1.12. The molecule has 0 saturated carbocycles. The first kappa shape index (κ1) is 21.3. The number of phenols is 1. The number of aromatic hydroxyl groups is 1. The predicted octanol–water partition coefficient (Wildman–Crippen LogP) is 3.86. The van der Waals surface area contributed by atoms with Gasteiger partial charge in [-0.05, 0) is 93.6 Å².